The lowest BCUT2D eigenvalue weighted by Crippen LogP contribution is -2.02. The van der Waals surface area contributed by atoms with E-state index in [1.165, 1.54) is 7.11 Å². The molecular formula is C12H11NO4. The van der Waals surface area contributed by atoms with Gasteiger partial charge in [-0.2, -0.15) is 0 Å². The number of aliphatic carboxylic acids is 1. The average molecular weight is 233 g/mol. The predicted molar refractivity (Wildman–Crippen MR) is 61.6 cm³/mol. The summed E-state index contributed by atoms with van der Waals surface area (Å²) in [5, 5.41) is 9.53. The number of carbonyl (C=O) groups is 2. The van der Waals surface area contributed by atoms with E-state index in [0.717, 1.165) is 5.52 Å². The summed E-state index contributed by atoms with van der Waals surface area (Å²) in [6, 6.07) is 5.22. The number of benzene rings is 1. The molecule has 0 aliphatic heterocycles. The van der Waals surface area contributed by atoms with Crippen molar-refractivity contribution in [2.75, 3.05) is 7.11 Å². The van der Waals surface area contributed by atoms with E-state index in [1.807, 2.05) is 0 Å². The van der Waals surface area contributed by atoms with Crippen LogP contribution in [0.15, 0.2) is 18.2 Å². The van der Waals surface area contributed by atoms with Gasteiger partial charge in [0, 0.05) is 10.9 Å². The number of rotatable bonds is 4. The van der Waals surface area contributed by atoms with Crippen molar-refractivity contribution >= 4 is 23.2 Å². The van der Waals surface area contributed by atoms with E-state index < -0.39 is 5.97 Å². The summed E-state index contributed by atoms with van der Waals surface area (Å²) < 4.78 is 5.08. The maximum atomic E-state index is 10.9. The molecule has 2 rings (SSSR count). The predicted octanol–water partition coefficient (Wildman–Crippen LogP) is 1.62. The lowest BCUT2D eigenvalue weighted by atomic mass is 10.1. The summed E-state index contributed by atoms with van der Waals surface area (Å²) in [4.78, 5) is 24.5. The largest absolute Gasteiger partial charge is 0.497 e. The zero-order chi connectivity index (χ0) is 12.4. The zero-order valence-electron chi connectivity index (χ0n) is 9.19. The quantitative estimate of drug-likeness (QED) is 0.786. The van der Waals surface area contributed by atoms with E-state index in [9.17, 15) is 9.59 Å². The third-order valence-corrected chi connectivity index (χ3v) is 2.59. The fraction of sp³-hybridized carbons (Fsp3) is 0.167. The number of aromatic nitrogens is 1. The number of nitrogens with one attached hydrogen (secondary N) is 1. The highest BCUT2D eigenvalue weighted by Gasteiger charge is 2.14. The third-order valence-electron chi connectivity index (χ3n) is 2.59. The Morgan fingerprint density at radius 3 is 2.88 bits per heavy atom. The topological polar surface area (TPSA) is 79.4 Å². The Labute approximate surface area is 97.0 Å². The number of aldehydes is 1. The Morgan fingerprint density at radius 1 is 1.53 bits per heavy atom. The van der Waals surface area contributed by atoms with Crippen LogP contribution < -0.4 is 4.74 Å². The fourth-order valence-corrected chi connectivity index (χ4v) is 1.82. The molecule has 0 radical (unpaired) electrons. The standard InChI is InChI=1S/C12H11NO4/c1-17-7-2-3-10-8(4-7)9(5-12(15)16)11(6-14)13-10/h2-4,6,13H,5H2,1H3,(H,15,16). The molecule has 17 heavy (non-hydrogen) atoms. The van der Waals surface area contributed by atoms with Crippen LogP contribution in [-0.2, 0) is 11.2 Å². The van der Waals surface area contributed by atoms with E-state index in [-0.39, 0.29) is 6.42 Å². The van der Waals surface area contributed by atoms with Crippen LogP contribution in [0.4, 0.5) is 0 Å². The van der Waals surface area contributed by atoms with Gasteiger partial charge in [-0.25, -0.2) is 0 Å². The molecule has 0 spiro atoms. The Bertz CT molecular complexity index is 585. The van der Waals surface area contributed by atoms with Gasteiger partial charge in [0.25, 0.3) is 0 Å². The number of fused-ring (bicyclic) bond motifs is 1. The van der Waals surface area contributed by atoms with E-state index in [0.29, 0.717) is 28.7 Å². The van der Waals surface area contributed by atoms with Crippen molar-refractivity contribution in [3.05, 3.63) is 29.5 Å². The van der Waals surface area contributed by atoms with Crippen LogP contribution in [0.1, 0.15) is 16.1 Å². The Morgan fingerprint density at radius 2 is 2.29 bits per heavy atom. The first-order chi connectivity index (χ1) is 8.15. The highest BCUT2D eigenvalue weighted by atomic mass is 16.5. The SMILES string of the molecule is COc1ccc2[nH]c(C=O)c(CC(=O)O)c2c1. The summed E-state index contributed by atoms with van der Waals surface area (Å²) in [5.74, 6) is -0.350. The molecule has 5 nitrogen and oxygen atoms in total. The second-order valence-electron chi connectivity index (χ2n) is 3.62. The maximum Gasteiger partial charge on any atom is 0.307 e. The molecule has 0 atom stereocenters. The maximum absolute atomic E-state index is 10.9. The lowest BCUT2D eigenvalue weighted by molar-refractivity contribution is -0.136. The Hall–Kier alpha value is -2.30. The smallest absolute Gasteiger partial charge is 0.307 e. The monoisotopic (exact) mass is 233 g/mol. The Kier molecular flexibility index (Phi) is 2.82. The number of H-pyrrole nitrogens is 1. The van der Waals surface area contributed by atoms with Gasteiger partial charge in [0.15, 0.2) is 6.29 Å². The second kappa shape index (κ2) is 4.29. The molecule has 0 aliphatic carbocycles. The molecule has 2 N–H and O–H groups in total. The van der Waals surface area contributed by atoms with Crippen LogP contribution in [-0.4, -0.2) is 29.5 Å². The molecule has 0 fully saturated rings. The first-order valence-electron chi connectivity index (χ1n) is 5.01. The number of aromatic amines is 1. The van der Waals surface area contributed by atoms with E-state index in [4.69, 9.17) is 9.84 Å². The molecule has 0 saturated carbocycles. The number of hydrogen-bond donors (Lipinski definition) is 2. The average Bonchev–Trinajstić information content (AvgIpc) is 2.66. The first kappa shape index (κ1) is 11.2. The molecule has 0 amide bonds. The van der Waals surface area contributed by atoms with Gasteiger partial charge < -0.3 is 14.8 Å². The van der Waals surface area contributed by atoms with Gasteiger partial charge in [-0.3, -0.25) is 9.59 Å². The van der Waals surface area contributed by atoms with Crippen molar-refractivity contribution < 1.29 is 19.4 Å². The van der Waals surface area contributed by atoms with Crippen LogP contribution in [0.25, 0.3) is 10.9 Å². The van der Waals surface area contributed by atoms with Crippen LogP contribution in [0.5, 0.6) is 5.75 Å². The minimum absolute atomic E-state index is 0.193. The van der Waals surface area contributed by atoms with Crippen molar-refractivity contribution in [1.82, 2.24) is 4.98 Å². The molecule has 2 aromatic rings. The molecule has 1 aromatic carbocycles. The van der Waals surface area contributed by atoms with Gasteiger partial charge in [-0.1, -0.05) is 0 Å². The number of methoxy groups -OCH3 is 1. The minimum Gasteiger partial charge on any atom is -0.497 e. The van der Waals surface area contributed by atoms with Gasteiger partial charge in [-0.05, 0) is 23.8 Å². The van der Waals surface area contributed by atoms with Crippen molar-refractivity contribution in [3.8, 4) is 5.75 Å². The molecule has 1 aromatic heterocycles. The van der Waals surface area contributed by atoms with Crippen LogP contribution >= 0.6 is 0 Å². The number of ether oxygens (including phenoxy) is 1. The molecule has 88 valence electrons. The molecule has 1 heterocycles. The summed E-state index contributed by atoms with van der Waals surface area (Å²) in [6.45, 7) is 0. The minimum atomic E-state index is -0.975. The van der Waals surface area contributed by atoms with Crippen molar-refractivity contribution in [2.24, 2.45) is 0 Å². The van der Waals surface area contributed by atoms with Crippen LogP contribution in [0, 0.1) is 0 Å². The molecule has 0 aliphatic rings. The summed E-state index contributed by atoms with van der Waals surface area (Å²) in [6.07, 6.45) is 0.436. The van der Waals surface area contributed by atoms with Gasteiger partial charge in [0.2, 0.25) is 0 Å². The van der Waals surface area contributed by atoms with E-state index in [1.54, 1.807) is 18.2 Å². The molecule has 0 saturated heterocycles. The van der Waals surface area contributed by atoms with Crippen molar-refractivity contribution in [2.45, 2.75) is 6.42 Å². The zero-order valence-corrected chi connectivity index (χ0v) is 9.19. The van der Waals surface area contributed by atoms with Gasteiger partial charge >= 0.3 is 5.97 Å². The van der Waals surface area contributed by atoms with Crippen LogP contribution in [0.3, 0.4) is 0 Å². The first-order valence-corrected chi connectivity index (χ1v) is 5.01. The van der Waals surface area contributed by atoms with Crippen molar-refractivity contribution in [3.63, 3.8) is 0 Å². The number of carbonyl (C=O) groups excluding carboxylic acids is 1. The fourth-order valence-electron chi connectivity index (χ4n) is 1.82. The highest BCUT2D eigenvalue weighted by molar-refractivity contribution is 5.95. The number of hydrogen-bond acceptors (Lipinski definition) is 3. The van der Waals surface area contributed by atoms with Gasteiger partial charge in [-0.15, -0.1) is 0 Å². The van der Waals surface area contributed by atoms with E-state index >= 15 is 0 Å². The van der Waals surface area contributed by atoms with E-state index in [2.05, 4.69) is 4.98 Å². The molecule has 5 heteroatoms. The third kappa shape index (κ3) is 1.99. The summed E-state index contributed by atoms with van der Waals surface area (Å²) >= 11 is 0. The highest BCUT2D eigenvalue weighted by Crippen LogP contribution is 2.26. The summed E-state index contributed by atoms with van der Waals surface area (Å²) in [7, 11) is 1.53. The number of carboxylic acids is 1. The summed E-state index contributed by atoms with van der Waals surface area (Å²) in [5.41, 5.74) is 1.52. The van der Waals surface area contributed by atoms with Crippen LogP contribution in [0.2, 0.25) is 0 Å². The molecule has 0 bridgehead atoms. The normalized spacial score (nSPS) is 10.4. The van der Waals surface area contributed by atoms with Gasteiger partial charge in [0.1, 0.15) is 5.75 Å². The van der Waals surface area contributed by atoms with Crippen molar-refractivity contribution in [1.29, 1.82) is 0 Å². The lowest BCUT2D eigenvalue weighted by Gasteiger charge is -2.00. The van der Waals surface area contributed by atoms with Gasteiger partial charge in [0.05, 0.1) is 19.2 Å². The molecular weight excluding hydrogens is 222 g/mol. The number of carboxylic acid groups (broad SMARTS) is 1. The Balaban J connectivity index is 2.66. The molecule has 0 unspecified atom stereocenters. The second-order valence-corrected chi connectivity index (χ2v) is 3.62.